The van der Waals surface area contributed by atoms with Crippen molar-refractivity contribution in [3.63, 3.8) is 0 Å². The Kier molecular flexibility index (Phi) is 7.68. The Bertz CT molecular complexity index is 2000. The van der Waals surface area contributed by atoms with Gasteiger partial charge in [0.1, 0.15) is 5.75 Å². The number of fused-ring (bicyclic) bond motifs is 9. The number of nitrogens with zero attached hydrogens (tertiary/aromatic N) is 4. The topological polar surface area (TPSA) is 104 Å². The molecule has 0 spiro atoms. The summed E-state index contributed by atoms with van der Waals surface area (Å²) in [5.41, 5.74) is 5.42. The lowest BCUT2D eigenvalue weighted by Crippen LogP contribution is -2.52. The Morgan fingerprint density at radius 1 is 1.00 bits per heavy atom. The van der Waals surface area contributed by atoms with Gasteiger partial charge in [-0.25, -0.2) is 4.72 Å². The molecule has 4 atom stereocenters. The number of benzene rings is 2. The van der Waals surface area contributed by atoms with E-state index in [2.05, 4.69) is 45.1 Å². The van der Waals surface area contributed by atoms with E-state index in [4.69, 9.17) is 4.74 Å². The van der Waals surface area contributed by atoms with E-state index in [1.807, 2.05) is 18.2 Å². The summed E-state index contributed by atoms with van der Waals surface area (Å²) in [7, 11) is -2.19. The van der Waals surface area contributed by atoms with Gasteiger partial charge in [0, 0.05) is 79.3 Å². The zero-order valence-electron chi connectivity index (χ0n) is 29.5. The lowest BCUT2D eigenvalue weighted by molar-refractivity contribution is -0.140. The van der Waals surface area contributed by atoms with Crippen LogP contribution in [0.4, 0.5) is 0 Å². The third kappa shape index (κ3) is 5.05. The van der Waals surface area contributed by atoms with Crippen LogP contribution in [0.15, 0.2) is 36.4 Å². The summed E-state index contributed by atoms with van der Waals surface area (Å²) in [6.45, 7) is 8.72. The number of methoxy groups -OCH3 is 1. The van der Waals surface area contributed by atoms with E-state index in [1.165, 1.54) is 34.7 Å². The molecule has 5 fully saturated rings. The first-order chi connectivity index (χ1) is 24.1. The molecule has 2 aliphatic carbocycles. The van der Waals surface area contributed by atoms with Gasteiger partial charge in [0.15, 0.2) is 0 Å². The van der Waals surface area contributed by atoms with Crippen molar-refractivity contribution in [2.45, 2.75) is 95.7 Å². The van der Waals surface area contributed by atoms with E-state index < -0.39 is 21.5 Å². The molecule has 10 nitrogen and oxygen atoms in total. The minimum Gasteiger partial charge on any atom is -0.497 e. The smallest absolute Gasteiger partial charge is 0.304 e. The third-order valence-electron chi connectivity index (χ3n) is 12.8. The lowest BCUT2D eigenvalue weighted by atomic mass is 9.81. The molecule has 11 heteroatoms. The number of piperazine rings is 1. The minimum absolute atomic E-state index is 0.0771. The molecule has 1 N–H and O–H groups in total. The van der Waals surface area contributed by atoms with Crippen LogP contribution in [0.3, 0.4) is 0 Å². The van der Waals surface area contributed by atoms with Crippen LogP contribution in [-0.2, 0) is 21.5 Å². The van der Waals surface area contributed by atoms with Gasteiger partial charge in [0.2, 0.25) is 5.91 Å². The van der Waals surface area contributed by atoms with Crippen LogP contribution >= 0.6 is 0 Å². The van der Waals surface area contributed by atoms with Crippen molar-refractivity contribution in [3.05, 3.63) is 53.1 Å². The van der Waals surface area contributed by atoms with Gasteiger partial charge in [-0.15, -0.1) is 0 Å². The highest BCUT2D eigenvalue weighted by Gasteiger charge is 2.65. The average Bonchev–Trinajstić information content (AvgIpc) is 3.30. The maximum absolute atomic E-state index is 15.0. The first-order valence-corrected chi connectivity index (χ1v) is 20.2. The van der Waals surface area contributed by atoms with Crippen LogP contribution in [-0.4, -0.2) is 90.8 Å². The number of aromatic nitrogens is 1. The Morgan fingerprint density at radius 3 is 2.48 bits per heavy atom. The second kappa shape index (κ2) is 11.8. The van der Waals surface area contributed by atoms with Gasteiger partial charge in [0.05, 0.1) is 18.2 Å². The van der Waals surface area contributed by atoms with Crippen molar-refractivity contribution in [1.29, 1.82) is 0 Å². The van der Waals surface area contributed by atoms with Crippen LogP contribution in [0, 0.1) is 11.3 Å². The van der Waals surface area contributed by atoms with E-state index in [1.54, 1.807) is 13.2 Å². The first-order valence-electron chi connectivity index (χ1n) is 18.8. The molecule has 2 saturated carbocycles. The molecule has 3 aromatic rings. The van der Waals surface area contributed by atoms with Gasteiger partial charge < -0.3 is 14.2 Å². The lowest BCUT2D eigenvalue weighted by Gasteiger charge is -2.37. The zero-order chi connectivity index (χ0) is 34.5. The van der Waals surface area contributed by atoms with Gasteiger partial charge >= 0.3 is 10.2 Å². The average molecular weight is 700 g/mol. The number of likely N-dealkylation sites (tertiary alicyclic amines) is 2. The molecular formula is C39H49N5O5S. The summed E-state index contributed by atoms with van der Waals surface area (Å²) in [5, 5.41) is 1.10. The van der Waals surface area contributed by atoms with Crippen LogP contribution in [0.25, 0.3) is 22.2 Å². The number of amides is 2. The number of rotatable bonds is 8. The number of carbonyl (C=O) groups excluding carboxylic acids is 2. The molecule has 266 valence electrons. The first kappa shape index (κ1) is 32.5. The van der Waals surface area contributed by atoms with Crippen molar-refractivity contribution in [1.82, 2.24) is 23.4 Å². The predicted octanol–water partition coefficient (Wildman–Crippen LogP) is 5.47. The molecule has 3 saturated heterocycles. The van der Waals surface area contributed by atoms with E-state index in [0.29, 0.717) is 43.1 Å². The minimum atomic E-state index is -3.89. The van der Waals surface area contributed by atoms with Gasteiger partial charge in [-0.05, 0) is 85.4 Å². The summed E-state index contributed by atoms with van der Waals surface area (Å²) >= 11 is 0. The molecule has 6 aliphatic rings. The fourth-order valence-corrected chi connectivity index (χ4v) is 11.4. The fourth-order valence-electron chi connectivity index (χ4n) is 10.2. The third-order valence-corrected chi connectivity index (χ3v) is 14.3. The molecule has 9 rings (SSSR count). The van der Waals surface area contributed by atoms with E-state index >= 15 is 4.79 Å². The fraction of sp³-hybridized carbons (Fsp3) is 0.590. The number of nitrogens with one attached hydrogen (secondary N) is 1. The molecular weight excluding hydrogens is 651 g/mol. The van der Waals surface area contributed by atoms with E-state index in [0.717, 1.165) is 79.6 Å². The summed E-state index contributed by atoms with van der Waals surface area (Å²) < 4.78 is 37.5. The van der Waals surface area contributed by atoms with E-state index in [9.17, 15) is 13.2 Å². The molecule has 0 radical (unpaired) electrons. The van der Waals surface area contributed by atoms with Crippen LogP contribution in [0.5, 0.6) is 5.75 Å². The van der Waals surface area contributed by atoms with Crippen molar-refractivity contribution < 1.29 is 22.7 Å². The monoisotopic (exact) mass is 699 g/mol. The molecule has 2 unspecified atom stereocenters. The zero-order valence-corrected chi connectivity index (χ0v) is 30.3. The van der Waals surface area contributed by atoms with Crippen molar-refractivity contribution in [3.8, 4) is 17.0 Å². The van der Waals surface area contributed by atoms with Crippen molar-refractivity contribution in [2.75, 3.05) is 39.8 Å². The van der Waals surface area contributed by atoms with Crippen molar-refractivity contribution in [2.24, 2.45) is 11.3 Å². The predicted molar refractivity (Wildman–Crippen MR) is 192 cm³/mol. The van der Waals surface area contributed by atoms with Crippen LogP contribution in [0.2, 0.25) is 0 Å². The molecule has 1 aromatic heterocycles. The number of hydrogen-bond donors (Lipinski definition) is 1. The highest BCUT2D eigenvalue weighted by molar-refractivity contribution is 7.87. The summed E-state index contributed by atoms with van der Waals surface area (Å²) in [6, 6.07) is 12.7. The molecule has 50 heavy (non-hydrogen) atoms. The second-order valence-corrected chi connectivity index (χ2v) is 18.0. The van der Waals surface area contributed by atoms with Crippen molar-refractivity contribution >= 4 is 32.9 Å². The second-order valence-electron chi connectivity index (χ2n) is 16.3. The maximum Gasteiger partial charge on any atom is 0.304 e. The summed E-state index contributed by atoms with van der Waals surface area (Å²) in [5.74, 6) is 1.48. The molecule has 4 aliphatic heterocycles. The molecule has 2 amide bonds. The maximum atomic E-state index is 15.0. The molecule has 2 bridgehead atoms. The highest BCUT2D eigenvalue weighted by Crippen LogP contribution is 2.66. The van der Waals surface area contributed by atoms with Gasteiger partial charge in [-0.1, -0.05) is 39.2 Å². The van der Waals surface area contributed by atoms with E-state index in [-0.39, 0.29) is 17.9 Å². The van der Waals surface area contributed by atoms with Gasteiger partial charge in [-0.2, -0.15) is 12.7 Å². The van der Waals surface area contributed by atoms with Gasteiger partial charge in [-0.3, -0.25) is 14.5 Å². The molecule has 2 aromatic carbocycles. The number of ether oxygens (including phenoxy) is 1. The SMILES string of the molecule is COc1ccc2c(c1)C1CC1(C(=O)N1C[C@@H]3C[C@H]1CN3CC(C)C)Cn1c-2c(C2CCCCC2)c2ccc(C(=O)NS(=O)(=O)N3CCC3)cc21. The normalized spacial score (nSPS) is 27.8. The Labute approximate surface area is 295 Å². The number of carbonyl (C=O) groups is 2. The summed E-state index contributed by atoms with van der Waals surface area (Å²) in [4.78, 5) is 33.3. The Morgan fingerprint density at radius 2 is 1.80 bits per heavy atom. The molecule has 5 heterocycles. The van der Waals surface area contributed by atoms with Crippen LogP contribution in [0.1, 0.15) is 98.5 Å². The Balaban J connectivity index is 1.17. The largest absolute Gasteiger partial charge is 0.497 e. The standard InChI is InChI=1S/C39H49N5O5S/c1-24(2)20-41-21-28-17-27(41)22-43(28)38(46)39-19-33(39)32-18-29(49-3)11-13-30(32)36-35(25-8-5-4-6-9-25)31-12-10-26(16-34(31)44(36)23-39)37(45)40-50(47,48)42-14-7-15-42/h10-13,16,18,24-25,27-28,33H,4-9,14-15,17,19-23H2,1-3H3,(H,40,45)/t27-,28-,33?,39?/m0/s1. The van der Waals surface area contributed by atoms with Gasteiger partial charge in [0.25, 0.3) is 5.91 Å². The van der Waals surface area contributed by atoms with Crippen LogP contribution < -0.4 is 9.46 Å². The Hall–Kier alpha value is -3.41. The quantitative estimate of drug-likeness (QED) is 0.335. The highest BCUT2D eigenvalue weighted by atomic mass is 32.2. The summed E-state index contributed by atoms with van der Waals surface area (Å²) in [6.07, 6.45) is 8.42. The number of hydrogen-bond acceptors (Lipinski definition) is 6.